The average Bonchev–Trinajstić information content (AvgIpc) is 3.72. The minimum atomic E-state index is -4.64. The molecule has 1 fully saturated rings. The summed E-state index contributed by atoms with van der Waals surface area (Å²) in [5.74, 6) is -4.12. The SMILES string of the molecule is Cn1ccc(NC(=O)C(=O)CC[C@H](NC(=O)c2ccc(Nc3nc(NC4(c5ccc(Cl)cc5)CC4)nc(OCC(F)(F)F)n3)cc2)C(=O)O)n1. The Kier molecular flexibility index (Phi) is 10.5. The van der Waals surface area contributed by atoms with Crippen LogP contribution in [0.4, 0.5) is 36.6 Å². The minimum absolute atomic E-state index is 0.0458. The third kappa shape index (κ3) is 9.65. The molecule has 1 aliphatic rings. The molecule has 262 valence electrons. The quantitative estimate of drug-likeness (QED) is 0.110. The number of ketones is 1. The van der Waals surface area contributed by atoms with Gasteiger partial charge in [0, 0.05) is 42.0 Å². The standard InChI is InChI=1S/C31H29ClF3N9O6/c1-44-15-12-23(43-44)38-25(47)22(45)11-10-21(26(48)49)37-24(46)17-2-8-20(9-3-17)36-27-39-28(41-29(40-27)50-16-31(33,34)35)42-30(13-14-30)18-4-6-19(32)7-5-18/h2-9,12,15,21H,10-11,13-14,16H2,1H3,(H,37,46)(H,48,49)(H,38,43,47)(H2,36,39,40,41,42)/t21-/m0/s1. The Labute approximate surface area is 286 Å². The van der Waals surface area contributed by atoms with Crippen LogP contribution in [0.15, 0.2) is 60.8 Å². The van der Waals surface area contributed by atoms with Gasteiger partial charge in [0.1, 0.15) is 6.04 Å². The second-order valence-electron chi connectivity index (χ2n) is 11.2. The number of carboxylic acid groups (broad SMARTS) is 1. The van der Waals surface area contributed by atoms with Crippen molar-refractivity contribution in [2.45, 2.75) is 43.4 Å². The van der Waals surface area contributed by atoms with E-state index in [1.54, 1.807) is 25.4 Å². The zero-order valence-corrected chi connectivity index (χ0v) is 26.9. The Morgan fingerprint density at radius 3 is 2.28 bits per heavy atom. The highest BCUT2D eigenvalue weighted by Crippen LogP contribution is 2.48. The summed E-state index contributed by atoms with van der Waals surface area (Å²) in [4.78, 5) is 61.3. The van der Waals surface area contributed by atoms with Gasteiger partial charge >= 0.3 is 18.2 Å². The van der Waals surface area contributed by atoms with Crippen LogP contribution >= 0.6 is 11.6 Å². The molecule has 0 unspecified atom stereocenters. The van der Waals surface area contributed by atoms with E-state index >= 15 is 0 Å². The Morgan fingerprint density at radius 1 is 1.00 bits per heavy atom. The molecule has 15 nitrogen and oxygen atoms in total. The molecule has 2 aromatic heterocycles. The molecular weight excluding hydrogens is 687 g/mol. The molecule has 2 amide bonds. The fraction of sp³-hybridized carbons (Fsp3) is 0.290. The summed E-state index contributed by atoms with van der Waals surface area (Å²) in [5.41, 5.74) is 0.684. The molecule has 1 atom stereocenters. The van der Waals surface area contributed by atoms with E-state index < -0.39 is 60.4 Å². The van der Waals surface area contributed by atoms with Crippen LogP contribution in [0.25, 0.3) is 0 Å². The van der Waals surface area contributed by atoms with E-state index in [4.69, 9.17) is 16.3 Å². The summed E-state index contributed by atoms with van der Waals surface area (Å²) >= 11 is 6.01. The van der Waals surface area contributed by atoms with Gasteiger partial charge in [-0.05, 0) is 61.2 Å². The van der Waals surface area contributed by atoms with Crippen LogP contribution in [0, 0.1) is 0 Å². The first-order valence-electron chi connectivity index (χ1n) is 14.9. The summed E-state index contributed by atoms with van der Waals surface area (Å²) in [6.45, 7) is -1.63. The van der Waals surface area contributed by atoms with E-state index in [9.17, 15) is 37.5 Å². The van der Waals surface area contributed by atoms with E-state index in [1.807, 2.05) is 12.1 Å². The number of hydrogen-bond donors (Lipinski definition) is 5. The number of nitrogens with zero attached hydrogens (tertiary/aromatic N) is 5. The molecule has 4 aromatic rings. The van der Waals surface area contributed by atoms with Gasteiger partial charge in [0.05, 0.1) is 5.54 Å². The van der Waals surface area contributed by atoms with E-state index in [-0.39, 0.29) is 29.7 Å². The largest absolute Gasteiger partial charge is 0.480 e. The molecule has 0 saturated heterocycles. The number of aryl methyl sites for hydroxylation is 1. The first-order chi connectivity index (χ1) is 23.7. The normalized spacial score (nSPS) is 13.9. The van der Waals surface area contributed by atoms with Crippen LogP contribution in [0.2, 0.25) is 5.02 Å². The summed E-state index contributed by atoms with van der Waals surface area (Å²) < 4.78 is 44.9. The average molecular weight is 716 g/mol. The molecule has 1 saturated carbocycles. The highest BCUT2D eigenvalue weighted by molar-refractivity contribution is 6.40. The van der Waals surface area contributed by atoms with Gasteiger partial charge < -0.3 is 31.1 Å². The maximum atomic E-state index is 12.9. The number of anilines is 4. The fourth-order valence-corrected chi connectivity index (χ4v) is 4.79. The number of benzene rings is 2. The van der Waals surface area contributed by atoms with Crippen LogP contribution in [0.3, 0.4) is 0 Å². The zero-order valence-electron chi connectivity index (χ0n) is 26.1. The van der Waals surface area contributed by atoms with E-state index in [0.717, 1.165) is 5.56 Å². The molecule has 2 aromatic carbocycles. The van der Waals surface area contributed by atoms with Crippen molar-refractivity contribution < 1.29 is 42.2 Å². The number of rotatable bonds is 15. The number of carbonyl (C=O) groups excluding carboxylic acids is 3. The number of aromatic nitrogens is 5. The minimum Gasteiger partial charge on any atom is -0.480 e. The molecule has 50 heavy (non-hydrogen) atoms. The van der Waals surface area contributed by atoms with Crippen molar-refractivity contribution in [3.05, 3.63) is 76.9 Å². The van der Waals surface area contributed by atoms with Crippen molar-refractivity contribution in [3.8, 4) is 6.01 Å². The van der Waals surface area contributed by atoms with Crippen molar-refractivity contribution in [1.82, 2.24) is 30.0 Å². The van der Waals surface area contributed by atoms with Crippen molar-refractivity contribution in [2.75, 3.05) is 22.6 Å². The molecular formula is C31H29ClF3N9O6. The smallest absolute Gasteiger partial charge is 0.422 e. The summed E-state index contributed by atoms with van der Waals surface area (Å²) in [6.07, 6.45) is -2.51. The van der Waals surface area contributed by atoms with Crippen LogP contribution in [-0.2, 0) is 27.0 Å². The zero-order chi connectivity index (χ0) is 36.1. The highest BCUT2D eigenvalue weighted by Gasteiger charge is 2.45. The van der Waals surface area contributed by atoms with Crippen molar-refractivity contribution in [1.29, 1.82) is 0 Å². The summed E-state index contributed by atoms with van der Waals surface area (Å²) in [6, 6.07) is 12.0. The molecule has 5 N–H and O–H groups in total. The molecule has 5 rings (SSSR count). The first-order valence-corrected chi connectivity index (χ1v) is 15.3. The van der Waals surface area contributed by atoms with Crippen molar-refractivity contribution >= 4 is 58.6 Å². The molecule has 0 spiro atoms. The Morgan fingerprint density at radius 2 is 1.68 bits per heavy atom. The monoisotopic (exact) mass is 715 g/mol. The van der Waals surface area contributed by atoms with Crippen molar-refractivity contribution in [3.63, 3.8) is 0 Å². The number of carbonyl (C=O) groups is 4. The molecule has 1 aliphatic carbocycles. The molecule has 0 bridgehead atoms. The van der Waals surface area contributed by atoms with Gasteiger partial charge in [0.25, 0.3) is 11.8 Å². The van der Waals surface area contributed by atoms with Crippen LogP contribution in [0.5, 0.6) is 6.01 Å². The summed E-state index contributed by atoms with van der Waals surface area (Å²) in [7, 11) is 1.62. The number of nitrogens with one attached hydrogen (secondary N) is 4. The number of carboxylic acids is 1. The number of ether oxygens (including phenoxy) is 1. The second-order valence-corrected chi connectivity index (χ2v) is 11.7. The van der Waals surface area contributed by atoms with Gasteiger partial charge in [0.15, 0.2) is 12.4 Å². The maximum absolute atomic E-state index is 12.9. The van der Waals surface area contributed by atoms with E-state index in [0.29, 0.717) is 23.6 Å². The van der Waals surface area contributed by atoms with Gasteiger partial charge in [-0.2, -0.15) is 33.2 Å². The Hall–Kier alpha value is -5.78. The number of alkyl halides is 3. The number of halogens is 4. The molecule has 2 heterocycles. The van der Waals surface area contributed by atoms with Crippen LogP contribution < -0.4 is 26.0 Å². The lowest BCUT2D eigenvalue weighted by Gasteiger charge is -2.19. The lowest BCUT2D eigenvalue weighted by molar-refractivity contribution is -0.154. The van der Waals surface area contributed by atoms with Crippen LogP contribution in [0.1, 0.15) is 41.6 Å². The summed E-state index contributed by atoms with van der Waals surface area (Å²) in [5, 5.41) is 24.7. The highest BCUT2D eigenvalue weighted by atomic mass is 35.5. The van der Waals surface area contributed by atoms with Gasteiger partial charge in [-0.1, -0.05) is 23.7 Å². The van der Waals surface area contributed by atoms with Gasteiger partial charge in [-0.25, -0.2) is 4.79 Å². The van der Waals surface area contributed by atoms with Gasteiger partial charge in [0.2, 0.25) is 17.7 Å². The number of hydrogen-bond acceptors (Lipinski definition) is 11. The van der Waals surface area contributed by atoms with Crippen LogP contribution in [-0.4, -0.2) is 72.2 Å². The lowest BCUT2D eigenvalue weighted by Crippen LogP contribution is -2.41. The van der Waals surface area contributed by atoms with Gasteiger partial charge in [-0.15, -0.1) is 0 Å². The lowest BCUT2D eigenvalue weighted by atomic mass is 10.1. The Balaban J connectivity index is 1.23. The third-order valence-electron chi connectivity index (χ3n) is 7.35. The van der Waals surface area contributed by atoms with Crippen molar-refractivity contribution in [2.24, 2.45) is 7.05 Å². The topological polar surface area (TPSA) is 202 Å². The molecule has 0 aliphatic heterocycles. The number of Topliss-reactive ketones (excluding diaryl/α,β-unsaturated/α-hetero) is 1. The first kappa shape index (κ1) is 35.5. The van der Waals surface area contributed by atoms with E-state index in [1.165, 1.54) is 35.0 Å². The number of aliphatic carboxylic acids is 1. The van der Waals surface area contributed by atoms with Gasteiger partial charge in [-0.3, -0.25) is 19.1 Å². The molecule has 19 heteroatoms. The second kappa shape index (κ2) is 14.8. The Bertz CT molecular complexity index is 1880. The predicted molar refractivity (Wildman–Crippen MR) is 172 cm³/mol. The third-order valence-corrected chi connectivity index (χ3v) is 7.60. The van der Waals surface area contributed by atoms with E-state index in [2.05, 4.69) is 41.3 Å². The number of amides is 2. The molecule has 0 radical (unpaired) electrons. The maximum Gasteiger partial charge on any atom is 0.422 e. The fourth-order valence-electron chi connectivity index (χ4n) is 4.66. The predicted octanol–water partition coefficient (Wildman–Crippen LogP) is 4.22.